The normalized spacial score (nSPS) is 26.1. The second-order valence-electron chi connectivity index (χ2n) is 4.53. The summed E-state index contributed by atoms with van der Waals surface area (Å²) in [5, 5.41) is 1.29. The van der Waals surface area contributed by atoms with Gasteiger partial charge in [-0.2, -0.15) is 0 Å². The first-order valence-electron chi connectivity index (χ1n) is 5.62. The molecule has 2 atom stereocenters. The molecule has 3 nitrogen and oxygen atoms in total. The van der Waals surface area contributed by atoms with Crippen LogP contribution in [0.3, 0.4) is 0 Å². The lowest BCUT2D eigenvalue weighted by molar-refractivity contribution is -0.0125. The zero-order valence-electron chi connectivity index (χ0n) is 9.67. The van der Waals surface area contributed by atoms with Crippen LogP contribution >= 0.6 is 23.2 Å². The molecular weight excluding hydrogens is 259 g/mol. The molecule has 2 unspecified atom stereocenters. The number of halogens is 2. The predicted octanol–water partition coefficient (Wildman–Crippen LogP) is 3.07. The van der Waals surface area contributed by atoms with Crippen LogP contribution in [0.15, 0.2) is 18.2 Å². The molecule has 0 radical (unpaired) electrons. The van der Waals surface area contributed by atoms with Gasteiger partial charge in [0.15, 0.2) is 0 Å². The van der Waals surface area contributed by atoms with Gasteiger partial charge in [-0.25, -0.2) is 0 Å². The van der Waals surface area contributed by atoms with Gasteiger partial charge in [0.2, 0.25) is 0 Å². The topological polar surface area (TPSA) is 47.3 Å². The Morgan fingerprint density at radius 1 is 1.47 bits per heavy atom. The summed E-state index contributed by atoms with van der Waals surface area (Å²) in [5.74, 6) is 5.66. The highest BCUT2D eigenvalue weighted by Crippen LogP contribution is 2.39. The summed E-state index contributed by atoms with van der Waals surface area (Å²) in [6.07, 6.45) is 1.98. The fourth-order valence-corrected chi connectivity index (χ4v) is 2.77. The summed E-state index contributed by atoms with van der Waals surface area (Å²) >= 11 is 12.2. The monoisotopic (exact) mass is 274 g/mol. The lowest BCUT2D eigenvalue weighted by Gasteiger charge is -2.33. The van der Waals surface area contributed by atoms with Crippen LogP contribution < -0.4 is 11.3 Å². The van der Waals surface area contributed by atoms with Crippen molar-refractivity contribution in [2.45, 2.75) is 31.4 Å². The molecule has 3 N–H and O–H groups in total. The SMILES string of the molecule is CC1(C(NN)c2cc(Cl)ccc2Cl)CCCO1. The van der Waals surface area contributed by atoms with Gasteiger partial charge in [-0.15, -0.1) is 0 Å². The molecule has 0 aromatic heterocycles. The highest BCUT2D eigenvalue weighted by Gasteiger charge is 2.39. The maximum atomic E-state index is 6.20. The summed E-state index contributed by atoms with van der Waals surface area (Å²) in [6.45, 7) is 2.80. The molecule has 2 rings (SSSR count). The summed E-state index contributed by atoms with van der Waals surface area (Å²) in [7, 11) is 0. The van der Waals surface area contributed by atoms with Gasteiger partial charge in [0.1, 0.15) is 0 Å². The lowest BCUT2D eigenvalue weighted by Crippen LogP contribution is -2.44. The number of rotatable bonds is 3. The number of nitrogens with one attached hydrogen (secondary N) is 1. The van der Waals surface area contributed by atoms with Gasteiger partial charge >= 0.3 is 0 Å². The van der Waals surface area contributed by atoms with Crippen molar-refractivity contribution in [2.75, 3.05) is 6.61 Å². The van der Waals surface area contributed by atoms with E-state index in [9.17, 15) is 0 Å². The lowest BCUT2D eigenvalue weighted by atomic mass is 9.88. The van der Waals surface area contributed by atoms with Gasteiger partial charge in [0, 0.05) is 16.7 Å². The molecule has 1 aromatic carbocycles. The van der Waals surface area contributed by atoms with E-state index in [1.54, 1.807) is 12.1 Å². The number of hydrogen-bond donors (Lipinski definition) is 2. The first-order chi connectivity index (χ1) is 8.07. The maximum Gasteiger partial charge on any atom is 0.0862 e. The number of hydrogen-bond acceptors (Lipinski definition) is 3. The molecule has 0 spiro atoms. The standard InChI is InChI=1S/C12H16Cl2N2O/c1-12(5-2-6-17-12)11(16-15)9-7-8(13)3-4-10(9)14/h3-4,7,11,16H,2,5-6,15H2,1H3. The van der Waals surface area contributed by atoms with Gasteiger partial charge in [-0.05, 0) is 43.5 Å². The van der Waals surface area contributed by atoms with Gasteiger partial charge in [-0.3, -0.25) is 11.3 Å². The Hall–Kier alpha value is -0.320. The van der Waals surface area contributed by atoms with Crippen molar-refractivity contribution in [3.05, 3.63) is 33.8 Å². The van der Waals surface area contributed by atoms with E-state index in [0.29, 0.717) is 10.0 Å². The predicted molar refractivity (Wildman–Crippen MR) is 70.1 cm³/mol. The fraction of sp³-hybridized carbons (Fsp3) is 0.500. The molecule has 17 heavy (non-hydrogen) atoms. The van der Waals surface area contributed by atoms with Crippen LogP contribution in [0.4, 0.5) is 0 Å². The van der Waals surface area contributed by atoms with E-state index in [1.807, 2.05) is 13.0 Å². The van der Waals surface area contributed by atoms with Crippen LogP contribution in [0.5, 0.6) is 0 Å². The molecule has 1 fully saturated rings. The molecule has 5 heteroatoms. The first-order valence-corrected chi connectivity index (χ1v) is 6.37. The summed E-state index contributed by atoms with van der Waals surface area (Å²) in [5.41, 5.74) is 3.35. The van der Waals surface area contributed by atoms with Crippen molar-refractivity contribution in [3.63, 3.8) is 0 Å². The molecule has 0 aliphatic carbocycles. The first kappa shape index (κ1) is 13.1. The molecule has 1 aliphatic rings. The molecule has 1 aliphatic heterocycles. The Morgan fingerprint density at radius 3 is 2.82 bits per heavy atom. The van der Waals surface area contributed by atoms with Crippen molar-refractivity contribution in [2.24, 2.45) is 5.84 Å². The van der Waals surface area contributed by atoms with Crippen molar-refractivity contribution in [1.82, 2.24) is 5.43 Å². The number of hydrazine groups is 1. The van der Waals surface area contributed by atoms with Crippen LogP contribution in [0, 0.1) is 0 Å². The van der Waals surface area contributed by atoms with E-state index in [1.165, 1.54) is 0 Å². The van der Waals surface area contributed by atoms with Crippen LogP contribution in [0.25, 0.3) is 0 Å². The summed E-state index contributed by atoms with van der Waals surface area (Å²) < 4.78 is 5.80. The van der Waals surface area contributed by atoms with Crippen molar-refractivity contribution in [1.29, 1.82) is 0 Å². The Balaban J connectivity index is 2.37. The van der Waals surface area contributed by atoms with E-state index in [0.717, 1.165) is 25.0 Å². The van der Waals surface area contributed by atoms with Crippen molar-refractivity contribution in [3.8, 4) is 0 Å². The Morgan fingerprint density at radius 2 is 2.24 bits per heavy atom. The third-order valence-corrected chi connectivity index (χ3v) is 3.87. The quantitative estimate of drug-likeness (QED) is 0.658. The largest absolute Gasteiger partial charge is 0.373 e. The molecule has 0 saturated carbocycles. The molecule has 1 heterocycles. The number of benzene rings is 1. The van der Waals surface area contributed by atoms with E-state index >= 15 is 0 Å². The van der Waals surface area contributed by atoms with E-state index in [-0.39, 0.29) is 11.6 Å². The van der Waals surface area contributed by atoms with E-state index in [4.69, 9.17) is 33.8 Å². The van der Waals surface area contributed by atoms with Crippen LogP contribution in [-0.4, -0.2) is 12.2 Å². The molecule has 1 saturated heterocycles. The smallest absolute Gasteiger partial charge is 0.0862 e. The van der Waals surface area contributed by atoms with Gasteiger partial charge < -0.3 is 4.74 Å². The highest BCUT2D eigenvalue weighted by molar-refractivity contribution is 6.33. The Kier molecular flexibility index (Phi) is 3.95. The minimum Gasteiger partial charge on any atom is -0.373 e. The average molecular weight is 275 g/mol. The average Bonchev–Trinajstić information content (AvgIpc) is 2.72. The molecule has 94 valence electrons. The summed E-state index contributed by atoms with van der Waals surface area (Å²) in [6, 6.07) is 5.22. The zero-order valence-corrected chi connectivity index (χ0v) is 11.2. The molecule has 0 amide bonds. The second-order valence-corrected chi connectivity index (χ2v) is 5.37. The molecule has 0 bridgehead atoms. The number of ether oxygens (including phenoxy) is 1. The Bertz CT molecular complexity index is 405. The fourth-order valence-electron chi connectivity index (χ4n) is 2.36. The van der Waals surface area contributed by atoms with Crippen molar-refractivity contribution < 1.29 is 4.74 Å². The van der Waals surface area contributed by atoms with Crippen LogP contribution in [0.1, 0.15) is 31.4 Å². The minimum atomic E-state index is -0.330. The van der Waals surface area contributed by atoms with Crippen LogP contribution in [0.2, 0.25) is 10.0 Å². The zero-order chi connectivity index (χ0) is 12.5. The molecule has 1 aromatic rings. The minimum absolute atomic E-state index is 0.156. The van der Waals surface area contributed by atoms with Gasteiger partial charge in [-0.1, -0.05) is 23.2 Å². The van der Waals surface area contributed by atoms with Gasteiger partial charge in [0.25, 0.3) is 0 Å². The second kappa shape index (κ2) is 5.12. The van der Waals surface area contributed by atoms with E-state index < -0.39 is 0 Å². The summed E-state index contributed by atoms with van der Waals surface area (Å²) in [4.78, 5) is 0. The van der Waals surface area contributed by atoms with Crippen LogP contribution in [-0.2, 0) is 4.74 Å². The highest BCUT2D eigenvalue weighted by atomic mass is 35.5. The maximum absolute atomic E-state index is 6.20. The third kappa shape index (κ3) is 2.59. The van der Waals surface area contributed by atoms with Gasteiger partial charge in [0.05, 0.1) is 11.6 Å². The number of nitrogens with two attached hydrogens (primary N) is 1. The molecular formula is C12H16Cl2N2O. The van der Waals surface area contributed by atoms with E-state index in [2.05, 4.69) is 5.43 Å². The van der Waals surface area contributed by atoms with Crippen molar-refractivity contribution >= 4 is 23.2 Å². The third-order valence-electron chi connectivity index (χ3n) is 3.30. The Labute approximate surface area is 111 Å².